The second-order valence-corrected chi connectivity index (χ2v) is 9.80. The number of H-pyrrole nitrogens is 1. The first kappa shape index (κ1) is 24.5. The summed E-state index contributed by atoms with van der Waals surface area (Å²) in [6, 6.07) is 7.02. The molecular formula is C27H26F2N4O5. The van der Waals surface area contributed by atoms with Crippen LogP contribution in [0.15, 0.2) is 45.7 Å². The largest absolute Gasteiger partial charge is 0.466 e. The summed E-state index contributed by atoms with van der Waals surface area (Å²) in [5, 5.41) is 10.6. The minimum atomic E-state index is -0.530. The quantitative estimate of drug-likeness (QED) is 0.372. The summed E-state index contributed by atoms with van der Waals surface area (Å²) in [5.74, 6) is -0.924. The Morgan fingerprint density at radius 1 is 1.08 bits per heavy atom. The van der Waals surface area contributed by atoms with Crippen molar-refractivity contribution >= 4 is 33.5 Å². The van der Waals surface area contributed by atoms with Crippen LogP contribution in [0.2, 0.25) is 0 Å². The number of aliphatic hydroxyl groups is 1. The molecule has 1 saturated carbocycles. The summed E-state index contributed by atoms with van der Waals surface area (Å²) >= 11 is 0. The van der Waals surface area contributed by atoms with Gasteiger partial charge >= 0.3 is 5.63 Å². The summed E-state index contributed by atoms with van der Waals surface area (Å²) in [4.78, 5) is 36.2. The van der Waals surface area contributed by atoms with Crippen molar-refractivity contribution < 1.29 is 27.8 Å². The number of fused-ring (bicyclic) bond motifs is 4. The van der Waals surface area contributed by atoms with E-state index in [1.165, 1.54) is 24.3 Å². The zero-order valence-electron chi connectivity index (χ0n) is 20.5. The lowest BCUT2D eigenvalue weighted by Gasteiger charge is -2.41. The third-order valence-electron chi connectivity index (χ3n) is 7.47. The van der Waals surface area contributed by atoms with Gasteiger partial charge in [0.05, 0.1) is 23.7 Å². The van der Waals surface area contributed by atoms with Crippen molar-refractivity contribution in [1.82, 2.24) is 14.9 Å². The van der Waals surface area contributed by atoms with Crippen molar-refractivity contribution in [2.24, 2.45) is 0 Å². The molecule has 1 aromatic carbocycles. The summed E-state index contributed by atoms with van der Waals surface area (Å²) in [7, 11) is 0. The van der Waals surface area contributed by atoms with Crippen LogP contribution in [0.25, 0.3) is 21.9 Å². The molecule has 1 aliphatic carbocycles. The van der Waals surface area contributed by atoms with Crippen LogP contribution in [0.1, 0.15) is 31.4 Å². The molecule has 2 N–H and O–H groups in total. The maximum atomic E-state index is 13.9. The van der Waals surface area contributed by atoms with Gasteiger partial charge in [-0.3, -0.25) is 9.69 Å². The maximum absolute atomic E-state index is 13.9. The van der Waals surface area contributed by atoms with Crippen LogP contribution in [-0.4, -0.2) is 57.7 Å². The van der Waals surface area contributed by atoms with Crippen molar-refractivity contribution in [3.8, 4) is 5.88 Å². The van der Waals surface area contributed by atoms with Crippen LogP contribution < -0.4 is 15.3 Å². The molecule has 0 unspecified atom stereocenters. The standard InChI is InChI=1S/C27H26F2N4O5/c28-15-1-6-23-20(9-15)25-21(27(36)38-23)11-17(31-25)13-32(7-8-34)18-2-4-19(5-3-18)33-22-10-16(29)12-30-26(22)37-14-24(33)35/h1,6,9-12,18-19,31,34H,2-5,7-8,13-14H2. The summed E-state index contributed by atoms with van der Waals surface area (Å²) in [5.41, 5.74) is 1.43. The van der Waals surface area contributed by atoms with Gasteiger partial charge in [0, 0.05) is 42.3 Å². The molecule has 9 nitrogen and oxygen atoms in total. The Balaban J connectivity index is 1.21. The number of hydrogen-bond acceptors (Lipinski definition) is 7. The van der Waals surface area contributed by atoms with Gasteiger partial charge in [-0.05, 0) is 49.9 Å². The van der Waals surface area contributed by atoms with E-state index in [0.717, 1.165) is 24.7 Å². The van der Waals surface area contributed by atoms with E-state index in [2.05, 4.69) is 14.9 Å². The van der Waals surface area contributed by atoms with Gasteiger partial charge in [-0.2, -0.15) is 0 Å². The number of aromatic amines is 1. The predicted molar refractivity (Wildman–Crippen MR) is 135 cm³/mol. The predicted octanol–water partition coefficient (Wildman–Crippen LogP) is 3.48. The van der Waals surface area contributed by atoms with Crippen molar-refractivity contribution in [3.63, 3.8) is 0 Å². The number of hydrogen-bond donors (Lipinski definition) is 2. The van der Waals surface area contributed by atoms with Crippen LogP contribution in [0.4, 0.5) is 14.5 Å². The molecule has 0 saturated heterocycles. The minimum Gasteiger partial charge on any atom is -0.466 e. The highest BCUT2D eigenvalue weighted by Gasteiger charge is 2.36. The van der Waals surface area contributed by atoms with Gasteiger partial charge in [0.1, 0.15) is 22.9 Å². The number of carbonyl (C=O) groups excluding carboxylic acids is 1. The lowest BCUT2D eigenvalue weighted by atomic mass is 9.88. The monoisotopic (exact) mass is 524 g/mol. The Morgan fingerprint density at radius 3 is 2.68 bits per heavy atom. The normalized spacial score (nSPS) is 19.8. The van der Waals surface area contributed by atoms with Gasteiger partial charge < -0.3 is 24.1 Å². The summed E-state index contributed by atoms with van der Waals surface area (Å²) < 4.78 is 38.5. The van der Waals surface area contributed by atoms with Gasteiger partial charge in [-0.25, -0.2) is 18.6 Å². The Bertz CT molecular complexity index is 1580. The lowest BCUT2D eigenvalue weighted by Crippen LogP contribution is -2.49. The van der Waals surface area contributed by atoms with Crippen LogP contribution in [0, 0.1) is 11.6 Å². The Morgan fingerprint density at radius 2 is 1.89 bits per heavy atom. The highest BCUT2D eigenvalue weighted by molar-refractivity contribution is 6.02. The molecule has 0 atom stereocenters. The molecule has 0 bridgehead atoms. The van der Waals surface area contributed by atoms with Crippen LogP contribution >= 0.6 is 0 Å². The SMILES string of the molecule is O=C1COc2ncc(F)cc2N1C1CCC(N(CCO)Cc2cc3c(=O)oc4ccc(F)cc4c3[nH]2)CC1. The molecule has 4 aromatic rings. The van der Waals surface area contributed by atoms with Gasteiger partial charge in [-0.15, -0.1) is 0 Å². The molecule has 2 aliphatic rings. The third kappa shape index (κ3) is 4.41. The summed E-state index contributed by atoms with van der Waals surface area (Å²) in [6.45, 7) is 0.685. The van der Waals surface area contributed by atoms with E-state index in [4.69, 9.17) is 9.15 Å². The van der Waals surface area contributed by atoms with Crippen molar-refractivity contribution in [2.75, 3.05) is 24.7 Å². The molecule has 1 fully saturated rings. The average Bonchev–Trinajstić information content (AvgIpc) is 3.34. The number of rotatable bonds is 6. The summed E-state index contributed by atoms with van der Waals surface area (Å²) in [6.07, 6.45) is 3.96. The molecule has 1 amide bonds. The van der Waals surface area contributed by atoms with Crippen molar-refractivity contribution in [1.29, 1.82) is 0 Å². The smallest absolute Gasteiger partial charge is 0.345 e. The van der Waals surface area contributed by atoms with Gasteiger partial charge in [-0.1, -0.05) is 0 Å². The van der Waals surface area contributed by atoms with E-state index >= 15 is 0 Å². The second kappa shape index (κ2) is 9.80. The number of pyridine rings is 1. The van der Waals surface area contributed by atoms with E-state index in [-0.39, 0.29) is 37.1 Å². The fraction of sp³-hybridized carbons (Fsp3) is 0.370. The molecule has 1 aliphatic heterocycles. The average molecular weight is 525 g/mol. The number of benzene rings is 1. The Kier molecular flexibility index (Phi) is 6.32. The number of aromatic nitrogens is 2. The van der Waals surface area contributed by atoms with E-state index in [9.17, 15) is 23.5 Å². The first-order valence-electron chi connectivity index (χ1n) is 12.6. The number of ether oxygens (including phenoxy) is 1. The van der Waals surface area contributed by atoms with Crippen LogP contribution in [0.5, 0.6) is 5.88 Å². The second-order valence-electron chi connectivity index (χ2n) is 9.80. The van der Waals surface area contributed by atoms with Gasteiger partial charge in [0.2, 0.25) is 5.88 Å². The molecule has 198 valence electrons. The Hall–Kier alpha value is -3.83. The Labute approximate surface area is 215 Å². The number of nitrogens with zero attached hydrogens (tertiary/aromatic N) is 3. The number of halogens is 2. The number of carbonyl (C=O) groups is 1. The van der Waals surface area contributed by atoms with E-state index in [1.54, 1.807) is 11.0 Å². The molecule has 3 aromatic heterocycles. The first-order valence-corrected chi connectivity index (χ1v) is 12.6. The number of nitrogens with one attached hydrogen (secondary N) is 1. The van der Waals surface area contributed by atoms with Crippen molar-refractivity contribution in [3.05, 3.63) is 64.3 Å². The van der Waals surface area contributed by atoms with E-state index in [0.29, 0.717) is 53.5 Å². The number of anilines is 1. The molecule has 11 heteroatoms. The van der Waals surface area contributed by atoms with Gasteiger partial charge in [0.15, 0.2) is 6.61 Å². The highest BCUT2D eigenvalue weighted by Crippen LogP contribution is 2.37. The fourth-order valence-electron chi connectivity index (χ4n) is 5.76. The maximum Gasteiger partial charge on any atom is 0.345 e. The zero-order valence-corrected chi connectivity index (χ0v) is 20.5. The first-order chi connectivity index (χ1) is 18.4. The highest BCUT2D eigenvalue weighted by atomic mass is 19.1. The fourth-order valence-corrected chi connectivity index (χ4v) is 5.76. The topological polar surface area (TPSA) is 112 Å². The molecular weight excluding hydrogens is 498 g/mol. The minimum absolute atomic E-state index is 0.0449. The molecule has 0 radical (unpaired) electrons. The lowest BCUT2D eigenvalue weighted by molar-refractivity contribution is -0.122. The molecule has 4 heterocycles. The van der Waals surface area contributed by atoms with Crippen LogP contribution in [-0.2, 0) is 11.3 Å². The third-order valence-corrected chi connectivity index (χ3v) is 7.47. The number of aliphatic hydroxyl groups excluding tert-OH is 1. The molecule has 0 spiro atoms. The zero-order chi connectivity index (χ0) is 26.4. The van der Waals surface area contributed by atoms with E-state index < -0.39 is 17.3 Å². The molecule has 6 rings (SSSR count). The molecule has 38 heavy (non-hydrogen) atoms. The van der Waals surface area contributed by atoms with Crippen molar-refractivity contribution in [2.45, 2.75) is 44.3 Å². The van der Waals surface area contributed by atoms with E-state index in [1.807, 2.05) is 0 Å². The van der Waals surface area contributed by atoms with Crippen LogP contribution in [0.3, 0.4) is 0 Å². The number of amides is 1. The van der Waals surface area contributed by atoms with Gasteiger partial charge in [0.25, 0.3) is 5.91 Å².